The molecule has 2 aromatic rings. The second-order valence-corrected chi connectivity index (χ2v) is 5.64. The topological polar surface area (TPSA) is 42.0 Å². The van der Waals surface area contributed by atoms with Crippen molar-refractivity contribution in [1.82, 2.24) is 4.98 Å². The van der Waals surface area contributed by atoms with Gasteiger partial charge >= 0.3 is 0 Å². The number of aromatic nitrogens is 1. The molecular formula is C14H16N2OS. The molecule has 1 aromatic carbocycles. The predicted octanol–water partition coefficient (Wildman–Crippen LogP) is 3.63. The maximum absolute atomic E-state index is 12.2. The van der Waals surface area contributed by atoms with E-state index in [4.69, 9.17) is 0 Å². The number of hydrogen-bond donors (Lipinski definition) is 1. The molecule has 1 heterocycles. The fraction of sp³-hybridized carbons (Fsp3) is 0.286. The third kappa shape index (κ3) is 2.59. The highest BCUT2D eigenvalue weighted by Crippen LogP contribution is 2.22. The van der Waals surface area contributed by atoms with Crippen molar-refractivity contribution in [2.24, 2.45) is 0 Å². The molecule has 0 aliphatic carbocycles. The number of benzene rings is 1. The van der Waals surface area contributed by atoms with Crippen LogP contribution in [-0.2, 0) is 0 Å². The number of amides is 1. The Kier molecular flexibility index (Phi) is 3.48. The zero-order valence-corrected chi connectivity index (χ0v) is 11.8. The lowest BCUT2D eigenvalue weighted by Gasteiger charge is -2.06. The van der Waals surface area contributed by atoms with Crippen molar-refractivity contribution in [2.75, 3.05) is 5.32 Å². The number of nitrogens with one attached hydrogen (secondary N) is 1. The quantitative estimate of drug-likeness (QED) is 0.896. The summed E-state index contributed by atoms with van der Waals surface area (Å²) in [5.41, 5.74) is 3.73. The van der Waals surface area contributed by atoms with Gasteiger partial charge in [-0.1, -0.05) is 17.7 Å². The van der Waals surface area contributed by atoms with Crippen LogP contribution in [-0.4, -0.2) is 10.9 Å². The summed E-state index contributed by atoms with van der Waals surface area (Å²) in [6.07, 6.45) is 0. The number of carbonyl (C=O) groups excluding carboxylic acids is 1. The monoisotopic (exact) mass is 260 g/mol. The van der Waals surface area contributed by atoms with Crippen molar-refractivity contribution in [3.63, 3.8) is 0 Å². The molecule has 0 unspecified atom stereocenters. The van der Waals surface area contributed by atoms with Gasteiger partial charge in [-0.05, 0) is 39.3 Å². The van der Waals surface area contributed by atoms with Gasteiger partial charge in [-0.25, -0.2) is 4.98 Å². The summed E-state index contributed by atoms with van der Waals surface area (Å²) in [6, 6.07) is 5.87. The molecule has 0 radical (unpaired) electrons. The van der Waals surface area contributed by atoms with Crippen LogP contribution in [0.15, 0.2) is 18.2 Å². The highest BCUT2D eigenvalue weighted by Gasteiger charge is 2.12. The molecular weight excluding hydrogens is 244 g/mol. The van der Waals surface area contributed by atoms with Gasteiger partial charge in [0.25, 0.3) is 5.91 Å². The van der Waals surface area contributed by atoms with E-state index >= 15 is 0 Å². The Hall–Kier alpha value is -1.68. The predicted molar refractivity (Wildman–Crippen MR) is 75.5 cm³/mol. The SMILES string of the molecule is Cc1ccc(C)c(C(=O)Nc2nc(C)c(C)s2)c1. The van der Waals surface area contributed by atoms with E-state index in [-0.39, 0.29) is 5.91 Å². The van der Waals surface area contributed by atoms with Crippen LogP contribution in [0.3, 0.4) is 0 Å². The smallest absolute Gasteiger partial charge is 0.257 e. The van der Waals surface area contributed by atoms with Gasteiger partial charge in [0.05, 0.1) is 5.69 Å². The van der Waals surface area contributed by atoms with Crippen molar-refractivity contribution in [3.8, 4) is 0 Å². The van der Waals surface area contributed by atoms with Gasteiger partial charge in [0.15, 0.2) is 5.13 Å². The zero-order valence-electron chi connectivity index (χ0n) is 11.0. The Morgan fingerprint density at radius 1 is 1.22 bits per heavy atom. The summed E-state index contributed by atoms with van der Waals surface area (Å²) in [7, 11) is 0. The van der Waals surface area contributed by atoms with Crippen LogP contribution in [0.4, 0.5) is 5.13 Å². The molecule has 0 fully saturated rings. The van der Waals surface area contributed by atoms with E-state index in [2.05, 4.69) is 10.3 Å². The standard InChI is InChI=1S/C14H16N2OS/c1-8-5-6-9(2)12(7-8)13(17)16-14-15-10(3)11(4)18-14/h5-7H,1-4H3,(H,15,16,17). The first-order chi connectivity index (χ1) is 8.47. The molecule has 1 aromatic heterocycles. The van der Waals surface area contributed by atoms with Crippen molar-refractivity contribution in [3.05, 3.63) is 45.5 Å². The number of thiazole rings is 1. The fourth-order valence-corrected chi connectivity index (χ4v) is 2.48. The van der Waals surface area contributed by atoms with E-state index in [9.17, 15) is 4.79 Å². The van der Waals surface area contributed by atoms with Crippen molar-refractivity contribution >= 4 is 22.4 Å². The largest absolute Gasteiger partial charge is 0.298 e. The summed E-state index contributed by atoms with van der Waals surface area (Å²) in [5.74, 6) is -0.0926. The maximum atomic E-state index is 12.2. The van der Waals surface area contributed by atoms with Crippen LogP contribution < -0.4 is 5.32 Å². The van der Waals surface area contributed by atoms with Gasteiger partial charge in [0.2, 0.25) is 0 Å². The minimum Gasteiger partial charge on any atom is -0.298 e. The minimum atomic E-state index is -0.0926. The van der Waals surface area contributed by atoms with Crippen LogP contribution in [0.2, 0.25) is 0 Å². The number of aryl methyl sites for hydroxylation is 4. The van der Waals surface area contributed by atoms with Gasteiger partial charge in [-0.2, -0.15) is 0 Å². The first-order valence-corrected chi connectivity index (χ1v) is 6.61. The van der Waals surface area contributed by atoms with E-state index in [1.54, 1.807) is 0 Å². The molecule has 2 rings (SSSR count). The second kappa shape index (κ2) is 4.90. The molecule has 0 bridgehead atoms. The molecule has 1 N–H and O–H groups in total. The average molecular weight is 260 g/mol. The highest BCUT2D eigenvalue weighted by atomic mass is 32.1. The Bertz CT molecular complexity index is 582. The Labute approximate surface area is 111 Å². The molecule has 94 valence electrons. The first-order valence-electron chi connectivity index (χ1n) is 5.80. The van der Waals surface area contributed by atoms with Crippen LogP contribution in [0, 0.1) is 27.7 Å². The average Bonchev–Trinajstić information content (AvgIpc) is 2.61. The third-order valence-electron chi connectivity index (χ3n) is 2.89. The van der Waals surface area contributed by atoms with E-state index < -0.39 is 0 Å². The number of carbonyl (C=O) groups is 1. The molecule has 0 aliphatic rings. The summed E-state index contributed by atoms with van der Waals surface area (Å²) in [5, 5.41) is 3.52. The normalized spacial score (nSPS) is 10.4. The van der Waals surface area contributed by atoms with Crippen molar-refractivity contribution < 1.29 is 4.79 Å². The van der Waals surface area contributed by atoms with Gasteiger partial charge in [-0.15, -0.1) is 11.3 Å². The molecule has 0 saturated heterocycles. The molecule has 0 saturated carbocycles. The lowest BCUT2D eigenvalue weighted by atomic mass is 10.1. The second-order valence-electron chi connectivity index (χ2n) is 4.43. The molecule has 4 heteroatoms. The molecule has 1 amide bonds. The molecule has 0 aliphatic heterocycles. The van der Waals surface area contributed by atoms with E-state index in [1.165, 1.54) is 11.3 Å². The number of hydrogen-bond acceptors (Lipinski definition) is 3. The van der Waals surface area contributed by atoms with Crippen molar-refractivity contribution in [1.29, 1.82) is 0 Å². The Morgan fingerprint density at radius 2 is 1.94 bits per heavy atom. The molecule has 18 heavy (non-hydrogen) atoms. The van der Waals surface area contributed by atoms with Gasteiger partial charge in [-0.3, -0.25) is 10.1 Å². The molecule has 0 spiro atoms. The van der Waals surface area contributed by atoms with E-state index in [0.29, 0.717) is 10.7 Å². The highest BCUT2D eigenvalue weighted by molar-refractivity contribution is 7.15. The first kappa shape index (κ1) is 12.8. The van der Waals surface area contributed by atoms with Crippen LogP contribution in [0.1, 0.15) is 32.1 Å². The van der Waals surface area contributed by atoms with Gasteiger partial charge < -0.3 is 0 Å². The number of anilines is 1. The molecule has 3 nitrogen and oxygen atoms in total. The third-order valence-corrected chi connectivity index (χ3v) is 3.87. The summed E-state index contributed by atoms with van der Waals surface area (Å²) in [6.45, 7) is 7.86. The number of nitrogens with zero attached hydrogens (tertiary/aromatic N) is 1. The number of rotatable bonds is 2. The van der Waals surface area contributed by atoms with Crippen LogP contribution in [0.5, 0.6) is 0 Å². The lowest BCUT2D eigenvalue weighted by molar-refractivity contribution is 0.102. The lowest BCUT2D eigenvalue weighted by Crippen LogP contribution is -2.13. The van der Waals surface area contributed by atoms with Crippen LogP contribution >= 0.6 is 11.3 Å². The summed E-state index contributed by atoms with van der Waals surface area (Å²) >= 11 is 1.50. The van der Waals surface area contributed by atoms with E-state index in [1.807, 2.05) is 45.9 Å². The van der Waals surface area contributed by atoms with Gasteiger partial charge in [0, 0.05) is 10.4 Å². The van der Waals surface area contributed by atoms with Crippen molar-refractivity contribution in [2.45, 2.75) is 27.7 Å². The van der Waals surface area contributed by atoms with E-state index in [0.717, 1.165) is 21.7 Å². The summed E-state index contributed by atoms with van der Waals surface area (Å²) in [4.78, 5) is 17.6. The zero-order chi connectivity index (χ0) is 13.3. The van der Waals surface area contributed by atoms with Gasteiger partial charge in [0.1, 0.15) is 0 Å². The maximum Gasteiger partial charge on any atom is 0.257 e. The fourth-order valence-electron chi connectivity index (χ4n) is 1.67. The van der Waals surface area contributed by atoms with Crippen LogP contribution in [0.25, 0.3) is 0 Å². The molecule has 0 atom stereocenters. The summed E-state index contributed by atoms with van der Waals surface area (Å²) < 4.78 is 0. The Morgan fingerprint density at radius 3 is 2.56 bits per heavy atom. The Balaban J connectivity index is 2.24. The minimum absolute atomic E-state index is 0.0926.